The quantitative estimate of drug-likeness (QED) is 0.869. The van der Waals surface area contributed by atoms with Gasteiger partial charge in [-0.05, 0) is 35.9 Å². The molecule has 0 spiro atoms. The number of aromatic nitrogens is 1. The van der Waals surface area contributed by atoms with Crippen LogP contribution in [0.25, 0.3) is 6.08 Å². The lowest BCUT2D eigenvalue weighted by Crippen LogP contribution is -2.20. The Balaban J connectivity index is 1.87. The molecule has 0 fully saturated rings. The van der Waals surface area contributed by atoms with E-state index in [1.807, 2.05) is 36.4 Å². The summed E-state index contributed by atoms with van der Waals surface area (Å²) in [5.41, 5.74) is 1.72. The molecule has 4 heteroatoms. The molecule has 0 atom stereocenters. The first-order valence-electron chi connectivity index (χ1n) is 5.85. The molecule has 3 nitrogen and oxygen atoms in total. The van der Waals surface area contributed by atoms with Crippen LogP contribution in [0, 0.1) is 0 Å². The third-order valence-electron chi connectivity index (χ3n) is 2.45. The summed E-state index contributed by atoms with van der Waals surface area (Å²) < 4.78 is 0. The first-order chi connectivity index (χ1) is 9.24. The maximum Gasteiger partial charge on any atom is 0.244 e. The predicted molar refractivity (Wildman–Crippen MR) is 76.6 cm³/mol. The summed E-state index contributed by atoms with van der Waals surface area (Å²) in [5, 5.41) is 3.45. The van der Waals surface area contributed by atoms with E-state index >= 15 is 0 Å². The number of benzene rings is 1. The van der Waals surface area contributed by atoms with Crippen molar-refractivity contribution in [2.45, 2.75) is 6.54 Å². The topological polar surface area (TPSA) is 42.0 Å². The van der Waals surface area contributed by atoms with Crippen molar-refractivity contribution in [1.29, 1.82) is 0 Å². The smallest absolute Gasteiger partial charge is 0.244 e. The van der Waals surface area contributed by atoms with E-state index in [1.165, 1.54) is 6.08 Å². The van der Waals surface area contributed by atoms with Crippen molar-refractivity contribution in [3.8, 4) is 0 Å². The van der Waals surface area contributed by atoms with Crippen LogP contribution >= 0.6 is 11.6 Å². The molecule has 0 aliphatic carbocycles. The number of amides is 1. The molecule has 1 amide bonds. The van der Waals surface area contributed by atoms with Crippen molar-refractivity contribution in [2.75, 3.05) is 0 Å². The Morgan fingerprint density at radius 3 is 2.89 bits per heavy atom. The monoisotopic (exact) mass is 272 g/mol. The molecule has 0 bridgehead atoms. The van der Waals surface area contributed by atoms with Gasteiger partial charge >= 0.3 is 0 Å². The van der Waals surface area contributed by atoms with Crippen LogP contribution in [0.1, 0.15) is 11.3 Å². The minimum Gasteiger partial charge on any atom is -0.348 e. The number of halogens is 1. The molecule has 0 saturated heterocycles. The molecule has 0 radical (unpaired) electrons. The number of hydrogen-bond acceptors (Lipinski definition) is 2. The van der Waals surface area contributed by atoms with Gasteiger partial charge in [0.25, 0.3) is 0 Å². The SMILES string of the molecule is O=C(/C=C/c1ccccn1)NCc1cccc(Cl)c1. The van der Waals surface area contributed by atoms with E-state index in [2.05, 4.69) is 10.3 Å². The van der Waals surface area contributed by atoms with Crippen molar-refractivity contribution in [3.05, 3.63) is 71.0 Å². The Bertz CT molecular complexity index is 582. The first-order valence-corrected chi connectivity index (χ1v) is 6.23. The summed E-state index contributed by atoms with van der Waals surface area (Å²) in [6.45, 7) is 0.450. The number of rotatable bonds is 4. The molecule has 1 heterocycles. The molecule has 0 aliphatic heterocycles. The van der Waals surface area contributed by atoms with Crippen molar-refractivity contribution < 1.29 is 4.79 Å². The van der Waals surface area contributed by atoms with Gasteiger partial charge in [-0.25, -0.2) is 0 Å². The number of nitrogens with zero attached hydrogens (tertiary/aromatic N) is 1. The van der Waals surface area contributed by atoms with Gasteiger partial charge in [0.1, 0.15) is 0 Å². The van der Waals surface area contributed by atoms with Crippen LogP contribution < -0.4 is 5.32 Å². The second-order valence-corrected chi connectivity index (χ2v) is 4.37. The van der Waals surface area contributed by atoms with Gasteiger partial charge in [0.15, 0.2) is 0 Å². The number of nitrogens with one attached hydrogen (secondary N) is 1. The molecule has 2 rings (SSSR count). The van der Waals surface area contributed by atoms with E-state index in [9.17, 15) is 4.79 Å². The highest BCUT2D eigenvalue weighted by atomic mass is 35.5. The average molecular weight is 273 g/mol. The van der Waals surface area contributed by atoms with Crippen molar-refractivity contribution in [2.24, 2.45) is 0 Å². The summed E-state index contributed by atoms with van der Waals surface area (Å²) in [6, 6.07) is 12.9. The molecular weight excluding hydrogens is 260 g/mol. The highest BCUT2D eigenvalue weighted by Gasteiger charge is 1.97. The first kappa shape index (κ1) is 13.3. The highest BCUT2D eigenvalue weighted by molar-refractivity contribution is 6.30. The normalized spacial score (nSPS) is 10.6. The Morgan fingerprint density at radius 2 is 2.16 bits per heavy atom. The minimum atomic E-state index is -0.161. The molecule has 0 saturated carbocycles. The zero-order valence-electron chi connectivity index (χ0n) is 10.2. The molecule has 1 N–H and O–H groups in total. The summed E-state index contributed by atoms with van der Waals surface area (Å²) in [6.07, 6.45) is 4.82. The minimum absolute atomic E-state index is 0.161. The average Bonchev–Trinajstić information content (AvgIpc) is 2.44. The fourth-order valence-corrected chi connectivity index (χ4v) is 1.74. The Kier molecular flexibility index (Phi) is 4.70. The number of hydrogen-bond donors (Lipinski definition) is 1. The molecular formula is C15H13ClN2O. The lowest BCUT2D eigenvalue weighted by atomic mass is 10.2. The predicted octanol–water partition coefficient (Wildman–Crippen LogP) is 3.06. The summed E-state index contributed by atoms with van der Waals surface area (Å²) >= 11 is 5.87. The molecule has 2 aromatic rings. The summed E-state index contributed by atoms with van der Waals surface area (Å²) in [7, 11) is 0. The van der Waals surface area contributed by atoms with Crippen LogP contribution in [0.5, 0.6) is 0 Å². The maximum absolute atomic E-state index is 11.6. The van der Waals surface area contributed by atoms with Gasteiger partial charge in [0, 0.05) is 23.8 Å². The van der Waals surface area contributed by atoms with E-state index in [0.717, 1.165) is 11.3 Å². The Hall–Kier alpha value is -2.13. The molecule has 1 aromatic heterocycles. The van der Waals surface area contributed by atoms with E-state index in [4.69, 9.17) is 11.6 Å². The van der Waals surface area contributed by atoms with Gasteiger partial charge in [0.2, 0.25) is 5.91 Å². The fourth-order valence-electron chi connectivity index (χ4n) is 1.53. The molecule has 1 aromatic carbocycles. The molecule has 0 unspecified atom stereocenters. The van der Waals surface area contributed by atoms with Gasteiger partial charge in [-0.2, -0.15) is 0 Å². The van der Waals surface area contributed by atoms with Gasteiger partial charge in [-0.3, -0.25) is 9.78 Å². The number of carbonyl (C=O) groups is 1. The lowest BCUT2D eigenvalue weighted by molar-refractivity contribution is -0.116. The lowest BCUT2D eigenvalue weighted by Gasteiger charge is -2.02. The Labute approximate surface area is 116 Å². The summed E-state index contributed by atoms with van der Waals surface area (Å²) in [4.78, 5) is 15.7. The van der Waals surface area contributed by atoms with Gasteiger partial charge in [-0.1, -0.05) is 29.8 Å². The third kappa shape index (κ3) is 4.56. The fraction of sp³-hybridized carbons (Fsp3) is 0.0667. The van der Waals surface area contributed by atoms with Gasteiger partial charge in [0.05, 0.1) is 5.69 Å². The van der Waals surface area contributed by atoms with Crippen molar-refractivity contribution in [3.63, 3.8) is 0 Å². The maximum atomic E-state index is 11.6. The molecule has 0 aliphatic rings. The standard InChI is InChI=1S/C15H13ClN2O/c16-13-5-3-4-12(10-13)11-18-15(19)8-7-14-6-1-2-9-17-14/h1-10H,11H2,(H,18,19)/b8-7+. The second-order valence-electron chi connectivity index (χ2n) is 3.94. The van der Waals surface area contributed by atoms with E-state index in [-0.39, 0.29) is 5.91 Å². The van der Waals surface area contributed by atoms with E-state index in [1.54, 1.807) is 18.3 Å². The second kappa shape index (κ2) is 6.71. The number of carbonyl (C=O) groups excluding carboxylic acids is 1. The third-order valence-corrected chi connectivity index (χ3v) is 2.68. The van der Waals surface area contributed by atoms with Crippen LogP contribution in [-0.4, -0.2) is 10.9 Å². The van der Waals surface area contributed by atoms with Gasteiger partial charge in [-0.15, -0.1) is 0 Å². The molecule has 96 valence electrons. The van der Waals surface area contributed by atoms with Crippen LogP contribution in [0.15, 0.2) is 54.7 Å². The zero-order chi connectivity index (χ0) is 13.5. The van der Waals surface area contributed by atoms with Crippen molar-refractivity contribution in [1.82, 2.24) is 10.3 Å². The van der Waals surface area contributed by atoms with Crippen molar-refractivity contribution >= 4 is 23.6 Å². The van der Waals surface area contributed by atoms with Crippen LogP contribution in [0.4, 0.5) is 0 Å². The largest absolute Gasteiger partial charge is 0.348 e. The zero-order valence-corrected chi connectivity index (χ0v) is 11.0. The van der Waals surface area contributed by atoms with Gasteiger partial charge < -0.3 is 5.32 Å². The summed E-state index contributed by atoms with van der Waals surface area (Å²) in [5.74, 6) is -0.161. The molecule has 19 heavy (non-hydrogen) atoms. The van der Waals surface area contributed by atoms with Crippen LogP contribution in [0.2, 0.25) is 5.02 Å². The van der Waals surface area contributed by atoms with Crippen LogP contribution in [0.3, 0.4) is 0 Å². The van der Waals surface area contributed by atoms with Crippen LogP contribution in [-0.2, 0) is 11.3 Å². The van der Waals surface area contributed by atoms with E-state index in [0.29, 0.717) is 11.6 Å². The Morgan fingerprint density at radius 1 is 1.26 bits per heavy atom. The number of pyridine rings is 1. The van der Waals surface area contributed by atoms with E-state index < -0.39 is 0 Å². The highest BCUT2D eigenvalue weighted by Crippen LogP contribution is 2.10.